The maximum Gasteiger partial charge on any atom is 0.327 e. The van der Waals surface area contributed by atoms with Crippen LogP contribution in [0.4, 0.5) is 16.7 Å². The van der Waals surface area contributed by atoms with Crippen LogP contribution in [0.15, 0.2) is 54.6 Å². The molecule has 2 heterocycles. The van der Waals surface area contributed by atoms with Gasteiger partial charge in [0, 0.05) is 13.6 Å². The first-order valence-electron chi connectivity index (χ1n) is 10.8. The van der Waals surface area contributed by atoms with Gasteiger partial charge in [-0.05, 0) is 50.1 Å². The Kier molecular flexibility index (Phi) is 6.20. The van der Waals surface area contributed by atoms with Crippen molar-refractivity contribution >= 4 is 17.9 Å². The second kappa shape index (κ2) is 9.21. The summed E-state index contributed by atoms with van der Waals surface area (Å²) in [6.45, 7) is 6.57. The number of ether oxygens (including phenoxy) is 1. The van der Waals surface area contributed by atoms with Crippen molar-refractivity contribution in [3.8, 4) is 11.5 Å². The van der Waals surface area contributed by atoms with Crippen molar-refractivity contribution in [2.75, 3.05) is 23.8 Å². The largest absolute Gasteiger partial charge is 0.457 e. The van der Waals surface area contributed by atoms with E-state index in [0.29, 0.717) is 24.3 Å². The van der Waals surface area contributed by atoms with Crippen LogP contribution in [0.5, 0.6) is 11.5 Å². The molecule has 0 saturated carbocycles. The highest BCUT2D eigenvalue weighted by molar-refractivity contribution is 5.93. The fourth-order valence-electron chi connectivity index (χ4n) is 3.74. The number of carbonyl (C=O) groups is 1. The minimum atomic E-state index is -0.0875. The van der Waals surface area contributed by atoms with Crippen LogP contribution in [0, 0.1) is 6.92 Å². The Bertz CT molecular complexity index is 1070. The van der Waals surface area contributed by atoms with Gasteiger partial charge in [-0.25, -0.2) is 4.79 Å². The highest BCUT2D eigenvalue weighted by Gasteiger charge is 2.37. The third-order valence-electron chi connectivity index (χ3n) is 5.51. The van der Waals surface area contributed by atoms with Crippen molar-refractivity contribution < 1.29 is 9.53 Å². The van der Waals surface area contributed by atoms with E-state index in [9.17, 15) is 4.79 Å². The predicted octanol–water partition coefficient (Wildman–Crippen LogP) is 4.80. The molecule has 32 heavy (non-hydrogen) atoms. The molecule has 166 valence electrons. The molecule has 4 rings (SSSR count). The monoisotopic (exact) mass is 432 g/mol. The number of benzene rings is 2. The summed E-state index contributed by atoms with van der Waals surface area (Å²) in [5, 5.41) is 3.34. The van der Waals surface area contributed by atoms with Crippen LogP contribution < -0.4 is 15.0 Å². The van der Waals surface area contributed by atoms with Crippen LogP contribution in [0.1, 0.15) is 37.7 Å². The van der Waals surface area contributed by atoms with Crippen molar-refractivity contribution in [2.24, 2.45) is 0 Å². The van der Waals surface area contributed by atoms with E-state index in [4.69, 9.17) is 4.74 Å². The van der Waals surface area contributed by atoms with Gasteiger partial charge in [-0.2, -0.15) is 15.0 Å². The zero-order chi connectivity index (χ0) is 22.7. The van der Waals surface area contributed by atoms with Gasteiger partial charge >= 0.3 is 6.03 Å². The summed E-state index contributed by atoms with van der Waals surface area (Å²) in [6, 6.07) is 17.5. The Hall–Kier alpha value is -3.68. The molecule has 1 aliphatic rings. The Morgan fingerprint density at radius 2 is 1.75 bits per heavy atom. The Morgan fingerprint density at radius 1 is 1.06 bits per heavy atom. The molecular weight excluding hydrogens is 404 g/mol. The molecule has 1 fully saturated rings. The van der Waals surface area contributed by atoms with E-state index < -0.39 is 0 Å². The summed E-state index contributed by atoms with van der Waals surface area (Å²) in [4.78, 5) is 29.4. The Balaban J connectivity index is 1.48. The molecule has 0 spiro atoms. The molecule has 2 amide bonds. The van der Waals surface area contributed by atoms with Crippen LogP contribution in [0.3, 0.4) is 0 Å². The first-order valence-corrected chi connectivity index (χ1v) is 10.8. The van der Waals surface area contributed by atoms with Crippen LogP contribution >= 0.6 is 0 Å². The number of rotatable bonds is 7. The smallest absolute Gasteiger partial charge is 0.327 e. The van der Waals surface area contributed by atoms with Crippen LogP contribution in [-0.2, 0) is 0 Å². The average molecular weight is 433 g/mol. The summed E-state index contributed by atoms with van der Waals surface area (Å²) >= 11 is 0. The minimum absolute atomic E-state index is 0.0469. The molecule has 2 atom stereocenters. The number of urea groups is 1. The first-order chi connectivity index (χ1) is 15.4. The number of para-hydroxylation sites is 1. The lowest BCUT2D eigenvalue weighted by Crippen LogP contribution is -2.36. The van der Waals surface area contributed by atoms with E-state index in [0.717, 1.165) is 23.5 Å². The molecule has 0 aliphatic carbocycles. The second-order valence-electron chi connectivity index (χ2n) is 7.95. The van der Waals surface area contributed by atoms with E-state index in [2.05, 4.69) is 27.2 Å². The van der Waals surface area contributed by atoms with Crippen molar-refractivity contribution in [3.63, 3.8) is 0 Å². The van der Waals surface area contributed by atoms with Crippen LogP contribution in [0.25, 0.3) is 0 Å². The zero-order valence-corrected chi connectivity index (χ0v) is 18.8. The summed E-state index contributed by atoms with van der Waals surface area (Å²) in [6.07, 6.45) is 0.831. The summed E-state index contributed by atoms with van der Waals surface area (Å²) < 4.78 is 5.86. The third kappa shape index (κ3) is 4.64. The summed E-state index contributed by atoms with van der Waals surface area (Å²) in [5.41, 5.74) is 1.06. The number of aryl methyl sites for hydroxylation is 1. The fraction of sp³-hybridized carbons (Fsp3) is 0.333. The number of anilines is 2. The zero-order valence-electron chi connectivity index (χ0n) is 18.8. The topological polar surface area (TPSA) is 83.5 Å². The number of amides is 2. The quantitative estimate of drug-likeness (QED) is 0.578. The van der Waals surface area contributed by atoms with Gasteiger partial charge < -0.3 is 15.0 Å². The highest BCUT2D eigenvalue weighted by Crippen LogP contribution is 2.26. The lowest BCUT2D eigenvalue weighted by molar-refractivity contribution is 0.229. The minimum Gasteiger partial charge on any atom is -0.457 e. The van der Waals surface area contributed by atoms with Crippen molar-refractivity contribution in [1.29, 1.82) is 0 Å². The van der Waals surface area contributed by atoms with Gasteiger partial charge in [0.05, 0.1) is 12.1 Å². The second-order valence-corrected chi connectivity index (χ2v) is 7.95. The SMILES string of the molecule is CC[C@H]1CN(C)C(=O)N1c1nc(C)nc(N[C@@H](C)c2ccc(Oc3ccccc3)cc2)n1. The van der Waals surface area contributed by atoms with E-state index >= 15 is 0 Å². The third-order valence-corrected chi connectivity index (χ3v) is 5.51. The number of carbonyl (C=O) groups excluding carboxylic acids is 1. The molecule has 1 aliphatic heterocycles. The molecule has 1 saturated heterocycles. The van der Waals surface area contributed by atoms with Crippen molar-refractivity contribution in [2.45, 2.75) is 39.3 Å². The van der Waals surface area contributed by atoms with Gasteiger partial charge in [0.25, 0.3) is 0 Å². The normalized spacial score (nSPS) is 16.9. The van der Waals surface area contributed by atoms with Crippen molar-refractivity contribution in [1.82, 2.24) is 19.9 Å². The number of nitrogens with one attached hydrogen (secondary N) is 1. The van der Waals surface area contributed by atoms with E-state index in [1.165, 1.54) is 0 Å². The Labute approximate surface area is 188 Å². The molecule has 8 heteroatoms. The number of likely N-dealkylation sites (N-methyl/N-ethyl adjacent to an activating group) is 1. The first kappa shape index (κ1) is 21.5. The van der Waals surface area contributed by atoms with Gasteiger partial charge in [-0.1, -0.05) is 37.3 Å². The molecular formula is C24H28N6O2. The highest BCUT2D eigenvalue weighted by atomic mass is 16.5. The van der Waals surface area contributed by atoms with Gasteiger partial charge in [0.15, 0.2) is 0 Å². The van der Waals surface area contributed by atoms with Crippen LogP contribution in [0.2, 0.25) is 0 Å². The molecule has 0 unspecified atom stereocenters. The molecule has 3 aromatic rings. The number of nitrogens with zero attached hydrogens (tertiary/aromatic N) is 5. The number of aromatic nitrogens is 3. The van der Waals surface area contributed by atoms with Gasteiger partial charge in [0.2, 0.25) is 11.9 Å². The van der Waals surface area contributed by atoms with Crippen molar-refractivity contribution in [3.05, 3.63) is 66.0 Å². The maximum atomic E-state index is 12.6. The van der Waals surface area contributed by atoms with Gasteiger partial charge in [0.1, 0.15) is 17.3 Å². The molecule has 0 bridgehead atoms. The molecule has 1 N–H and O–H groups in total. The fourth-order valence-corrected chi connectivity index (χ4v) is 3.74. The molecule has 0 radical (unpaired) electrons. The standard InChI is InChI=1S/C24H28N6O2/c1-5-19-15-29(4)24(31)30(19)23-27-17(3)26-22(28-23)25-16(2)18-11-13-21(14-12-18)32-20-9-7-6-8-10-20/h6-14,16,19H,5,15H2,1-4H3,(H,25,26,27,28)/t16-,19-/m0/s1. The number of hydrogen-bond acceptors (Lipinski definition) is 6. The molecule has 8 nitrogen and oxygen atoms in total. The van der Waals surface area contributed by atoms with E-state index in [-0.39, 0.29) is 18.1 Å². The van der Waals surface area contributed by atoms with Gasteiger partial charge in [-0.3, -0.25) is 4.90 Å². The lowest BCUT2D eigenvalue weighted by Gasteiger charge is -2.21. The summed E-state index contributed by atoms with van der Waals surface area (Å²) in [7, 11) is 1.80. The van der Waals surface area contributed by atoms with Crippen LogP contribution in [-0.4, -0.2) is 45.5 Å². The van der Waals surface area contributed by atoms with E-state index in [1.807, 2.05) is 68.4 Å². The number of hydrogen-bond donors (Lipinski definition) is 1. The lowest BCUT2D eigenvalue weighted by atomic mass is 10.1. The van der Waals surface area contributed by atoms with Gasteiger partial charge in [-0.15, -0.1) is 0 Å². The summed E-state index contributed by atoms with van der Waals surface area (Å²) in [5.74, 6) is 2.97. The average Bonchev–Trinajstić information content (AvgIpc) is 3.08. The molecule has 2 aromatic carbocycles. The molecule has 1 aromatic heterocycles. The van der Waals surface area contributed by atoms with E-state index in [1.54, 1.807) is 16.8 Å². The predicted molar refractivity (Wildman–Crippen MR) is 124 cm³/mol. The maximum absolute atomic E-state index is 12.6. The Morgan fingerprint density at radius 3 is 2.44 bits per heavy atom.